The zero-order chi connectivity index (χ0) is 16.7. The van der Waals surface area contributed by atoms with Gasteiger partial charge in [0.05, 0.1) is 0 Å². The molecule has 5 nitrogen and oxygen atoms in total. The van der Waals surface area contributed by atoms with E-state index in [1.54, 1.807) is 12.1 Å². The quantitative estimate of drug-likeness (QED) is 0.771. The molecule has 0 saturated heterocycles. The molecule has 5 heteroatoms. The maximum absolute atomic E-state index is 12.2. The molecule has 0 bridgehead atoms. The second-order valence-electron chi connectivity index (χ2n) is 5.60. The van der Waals surface area contributed by atoms with Gasteiger partial charge in [-0.05, 0) is 5.92 Å². The summed E-state index contributed by atoms with van der Waals surface area (Å²) < 4.78 is 0. The first kappa shape index (κ1) is 16.7. The van der Waals surface area contributed by atoms with Gasteiger partial charge >= 0.3 is 0 Å². The van der Waals surface area contributed by atoms with E-state index in [9.17, 15) is 4.79 Å². The van der Waals surface area contributed by atoms with Gasteiger partial charge in [0.2, 0.25) is 0 Å². The molecule has 0 unspecified atom stereocenters. The molecule has 1 amide bonds. The van der Waals surface area contributed by atoms with E-state index < -0.39 is 0 Å². The number of anilines is 1. The molecular weight excluding hydrogens is 288 g/mol. The minimum atomic E-state index is -0.239. The van der Waals surface area contributed by atoms with E-state index in [4.69, 9.17) is 0 Å². The van der Waals surface area contributed by atoms with Crippen molar-refractivity contribution in [3.8, 4) is 11.4 Å². The summed E-state index contributed by atoms with van der Waals surface area (Å²) in [5.41, 5.74) is 1.21. The lowest BCUT2D eigenvalue weighted by atomic mass is 10.2. The van der Waals surface area contributed by atoms with E-state index >= 15 is 0 Å². The van der Waals surface area contributed by atoms with Crippen molar-refractivity contribution in [2.24, 2.45) is 5.92 Å². The number of nitrogens with zero attached hydrogens (tertiary/aromatic N) is 2. The Morgan fingerprint density at radius 3 is 2.65 bits per heavy atom. The molecule has 2 rings (SSSR count). The molecule has 1 aromatic heterocycles. The van der Waals surface area contributed by atoms with Crippen LogP contribution in [0.15, 0.2) is 49.1 Å². The Balaban J connectivity index is 2.35. The first-order valence-corrected chi connectivity index (χ1v) is 7.67. The van der Waals surface area contributed by atoms with Crippen LogP contribution in [0.5, 0.6) is 0 Å². The lowest BCUT2D eigenvalue weighted by Crippen LogP contribution is -2.25. The summed E-state index contributed by atoms with van der Waals surface area (Å²) in [6, 6.07) is 11.3. The Labute approximate surface area is 136 Å². The van der Waals surface area contributed by atoms with Gasteiger partial charge in [-0.1, -0.05) is 50.3 Å². The van der Waals surface area contributed by atoms with Gasteiger partial charge in [0.1, 0.15) is 11.5 Å². The standard InChI is InChI=1S/C18H22N4O/c1-4-10-19-18(23)15-11-16(20-12-13(2)3)22-17(21-15)14-8-6-5-7-9-14/h4-9,11,13H,1,10,12H2,2-3H3,(H,19,23)(H,20,21,22). The van der Waals surface area contributed by atoms with E-state index in [1.165, 1.54) is 0 Å². The van der Waals surface area contributed by atoms with Gasteiger partial charge in [0, 0.05) is 24.7 Å². The minimum absolute atomic E-state index is 0.239. The van der Waals surface area contributed by atoms with Crippen molar-refractivity contribution < 1.29 is 4.79 Å². The van der Waals surface area contributed by atoms with E-state index in [0.717, 1.165) is 12.1 Å². The van der Waals surface area contributed by atoms with Crippen LogP contribution >= 0.6 is 0 Å². The van der Waals surface area contributed by atoms with Crippen LogP contribution < -0.4 is 10.6 Å². The molecule has 1 aromatic carbocycles. The van der Waals surface area contributed by atoms with Crippen LogP contribution in [0.1, 0.15) is 24.3 Å². The predicted octanol–water partition coefficient (Wildman–Crippen LogP) is 3.13. The average molecular weight is 310 g/mol. The summed E-state index contributed by atoms with van der Waals surface area (Å²) in [5.74, 6) is 1.42. The Kier molecular flexibility index (Phi) is 5.86. The van der Waals surface area contributed by atoms with E-state index in [0.29, 0.717) is 29.8 Å². The number of hydrogen-bond acceptors (Lipinski definition) is 4. The molecule has 0 radical (unpaired) electrons. The van der Waals surface area contributed by atoms with Gasteiger partial charge in [-0.25, -0.2) is 9.97 Å². The molecule has 2 aromatic rings. The van der Waals surface area contributed by atoms with Crippen LogP contribution in [0.25, 0.3) is 11.4 Å². The zero-order valence-electron chi connectivity index (χ0n) is 13.5. The summed E-state index contributed by atoms with van der Waals surface area (Å²) in [5, 5.41) is 6.00. The number of carbonyl (C=O) groups is 1. The Bertz CT molecular complexity index is 668. The second kappa shape index (κ2) is 8.08. The summed E-state index contributed by atoms with van der Waals surface area (Å²) in [6.45, 7) is 9.01. The normalized spacial score (nSPS) is 10.4. The van der Waals surface area contributed by atoms with Crippen LogP contribution in [0, 0.1) is 5.92 Å². The van der Waals surface area contributed by atoms with E-state index in [1.807, 2.05) is 30.3 Å². The summed E-state index contributed by atoms with van der Waals surface area (Å²) in [7, 11) is 0. The van der Waals surface area contributed by atoms with Crippen LogP contribution in [-0.4, -0.2) is 29.0 Å². The first-order valence-electron chi connectivity index (χ1n) is 7.67. The molecule has 23 heavy (non-hydrogen) atoms. The third kappa shape index (κ3) is 4.92. The van der Waals surface area contributed by atoms with Crippen LogP contribution in [0.3, 0.4) is 0 Å². The van der Waals surface area contributed by atoms with Crippen LogP contribution in [0.2, 0.25) is 0 Å². The highest BCUT2D eigenvalue weighted by molar-refractivity contribution is 5.93. The number of amides is 1. The molecule has 0 saturated carbocycles. The molecule has 1 heterocycles. The molecule has 2 N–H and O–H groups in total. The molecule has 120 valence electrons. The number of rotatable bonds is 7. The topological polar surface area (TPSA) is 66.9 Å². The van der Waals surface area contributed by atoms with Crippen molar-refractivity contribution in [1.29, 1.82) is 0 Å². The lowest BCUT2D eigenvalue weighted by Gasteiger charge is -2.11. The van der Waals surface area contributed by atoms with Gasteiger partial charge < -0.3 is 10.6 Å². The minimum Gasteiger partial charge on any atom is -0.370 e. The highest BCUT2D eigenvalue weighted by Gasteiger charge is 2.12. The number of aromatic nitrogens is 2. The van der Waals surface area contributed by atoms with Gasteiger partial charge in [-0.2, -0.15) is 0 Å². The molecule has 0 aliphatic carbocycles. The zero-order valence-corrected chi connectivity index (χ0v) is 13.5. The third-order valence-electron chi connectivity index (χ3n) is 3.09. The van der Waals surface area contributed by atoms with Crippen LogP contribution in [-0.2, 0) is 0 Å². The van der Waals surface area contributed by atoms with Crippen molar-refractivity contribution in [2.75, 3.05) is 18.4 Å². The number of benzene rings is 1. The summed E-state index contributed by atoms with van der Waals surface area (Å²) in [4.78, 5) is 21.1. The van der Waals surface area contributed by atoms with E-state index in [2.05, 4.69) is 41.0 Å². The average Bonchev–Trinajstić information content (AvgIpc) is 2.58. The molecule has 0 aliphatic rings. The van der Waals surface area contributed by atoms with Crippen molar-refractivity contribution in [1.82, 2.24) is 15.3 Å². The van der Waals surface area contributed by atoms with Crippen molar-refractivity contribution in [3.63, 3.8) is 0 Å². The highest BCUT2D eigenvalue weighted by Crippen LogP contribution is 2.18. The van der Waals surface area contributed by atoms with Gasteiger partial charge in [-0.3, -0.25) is 4.79 Å². The van der Waals surface area contributed by atoms with Crippen molar-refractivity contribution >= 4 is 11.7 Å². The number of nitrogens with one attached hydrogen (secondary N) is 2. The Morgan fingerprint density at radius 2 is 2.00 bits per heavy atom. The fourth-order valence-corrected chi connectivity index (χ4v) is 1.93. The fraction of sp³-hybridized carbons (Fsp3) is 0.278. The molecule has 0 atom stereocenters. The maximum atomic E-state index is 12.2. The fourth-order valence-electron chi connectivity index (χ4n) is 1.93. The lowest BCUT2D eigenvalue weighted by molar-refractivity contribution is 0.0953. The number of carbonyl (C=O) groups excluding carboxylic acids is 1. The van der Waals surface area contributed by atoms with Crippen molar-refractivity contribution in [2.45, 2.75) is 13.8 Å². The maximum Gasteiger partial charge on any atom is 0.270 e. The monoisotopic (exact) mass is 310 g/mol. The third-order valence-corrected chi connectivity index (χ3v) is 3.09. The predicted molar refractivity (Wildman–Crippen MR) is 93.3 cm³/mol. The SMILES string of the molecule is C=CCNC(=O)c1cc(NCC(C)C)nc(-c2ccccc2)n1. The second-order valence-corrected chi connectivity index (χ2v) is 5.60. The largest absolute Gasteiger partial charge is 0.370 e. The Morgan fingerprint density at radius 1 is 1.26 bits per heavy atom. The highest BCUT2D eigenvalue weighted by atomic mass is 16.1. The molecule has 0 fully saturated rings. The Hall–Kier alpha value is -2.69. The summed E-state index contributed by atoms with van der Waals surface area (Å²) in [6.07, 6.45) is 1.63. The molecular formula is C18H22N4O. The van der Waals surface area contributed by atoms with E-state index in [-0.39, 0.29) is 5.91 Å². The van der Waals surface area contributed by atoms with Gasteiger partial charge in [0.15, 0.2) is 5.82 Å². The first-order chi connectivity index (χ1) is 11.1. The van der Waals surface area contributed by atoms with Crippen LogP contribution in [0.4, 0.5) is 5.82 Å². The van der Waals surface area contributed by atoms with Crippen molar-refractivity contribution in [3.05, 3.63) is 54.7 Å². The van der Waals surface area contributed by atoms with Gasteiger partial charge in [-0.15, -0.1) is 6.58 Å². The number of hydrogen-bond donors (Lipinski definition) is 2. The summed E-state index contributed by atoms with van der Waals surface area (Å²) >= 11 is 0. The smallest absolute Gasteiger partial charge is 0.270 e. The molecule has 0 spiro atoms. The molecule has 0 aliphatic heterocycles. The van der Waals surface area contributed by atoms with Gasteiger partial charge in [0.25, 0.3) is 5.91 Å².